The SMILES string of the molecule is CCC1CCCN(S(=O)(=O)c2ccc(CCCl)cc2)C1. The molecule has 0 N–H and O–H groups in total. The summed E-state index contributed by atoms with van der Waals surface area (Å²) in [6, 6.07) is 7.12. The van der Waals surface area contributed by atoms with Crippen molar-refractivity contribution in [2.45, 2.75) is 37.5 Å². The monoisotopic (exact) mass is 315 g/mol. The Morgan fingerprint density at radius 1 is 1.30 bits per heavy atom. The predicted octanol–water partition coefficient (Wildman–Crippen LogP) is 3.28. The molecule has 0 bridgehead atoms. The summed E-state index contributed by atoms with van der Waals surface area (Å²) in [5, 5.41) is 0. The highest BCUT2D eigenvalue weighted by molar-refractivity contribution is 7.89. The molecule has 5 heteroatoms. The lowest BCUT2D eigenvalue weighted by Crippen LogP contribution is -2.39. The van der Waals surface area contributed by atoms with Crippen LogP contribution in [-0.4, -0.2) is 31.7 Å². The number of sulfonamides is 1. The molecular formula is C15H22ClNO2S. The minimum atomic E-state index is -3.34. The minimum absolute atomic E-state index is 0.396. The lowest BCUT2D eigenvalue weighted by molar-refractivity contribution is 0.261. The van der Waals surface area contributed by atoms with Gasteiger partial charge < -0.3 is 0 Å². The molecule has 1 aliphatic rings. The third-order valence-electron chi connectivity index (χ3n) is 4.00. The Kier molecular flexibility index (Phi) is 5.47. The van der Waals surface area contributed by atoms with E-state index >= 15 is 0 Å². The van der Waals surface area contributed by atoms with E-state index in [0.717, 1.165) is 31.2 Å². The van der Waals surface area contributed by atoms with Crippen LogP contribution in [0.1, 0.15) is 31.7 Å². The van der Waals surface area contributed by atoms with Gasteiger partial charge in [0, 0.05) is 19.0 Å². The van der Waals surface area contributed by atoms with Gasteiger partial charge in [-0.1, -0.05) is 25.5 Å². The van der Waals surface area contributed by atoms with Crippen LogP contribution in [0.4, 0.5) is 0 Å². The van der Waals surface area contributed by atoms with Crippen molar-refractivity contribution in [2.24, 2.45) is 5.92 Å². The Labute approximate surface area is 127 Å². The van der Waals surface area contributed by atoms with Crippen molar-refractivity contribution in [1.29, 1.82) is 0 Å². The highest BCUT2D eigenvalue weighted by atomic mass is 35.5. The number of piperidine rings is 1. The normalized spacial score (nSPS) is 21.0. The van der Waals surface area contributed by atoms with E-state index in [-0.39, 0.29) is 0 Å². The topological polar surface area (TPSA) is 37.4 Å². The average molecular weight is 316 g/mol. The maximum Gasteiger partial charge on any atom is 0.243 e. The lowest BCUT2D eigenvalue weighted by Gasteiger charge is -2.31. The second-order valence-corrected chi connectivity index (χ2v) is 7.68. The molecule has 1 atom stereocenters. The van der Waals surface area contributed by atoms with Crippen molar-refractivity contribution in [3.05, 3.63) is 29.8 Å². The molecule has 1 aromatic rings. The number of aryl methyl sites for hydroxylation is 1. The zero-order chi connectivity index (χ0) is 14.6. The van der Waals surface area contributed by atoms with E-state index in [4.69, 9.17) is 11.6 Å². The molecule has 1 unspecified atom stereocenters. The van der Waals surface area contributed by atoms with Gasteiger partial charge in [0.15, 0.2) is 0 Å². The van der Waals surface area contributed by atoms with Crippen molar-refractivity contribution in [2.75, 3.05) is 19.0 Å². The first-order valence-electron chi connectivity index (χ1n) is 7.23. The average Bonchev–Trinajstić information content (AvgIpc) is 2.48. The first-order chi connectivity index (χ1) is 9.57. The van der Waals surface area contributed by atoms with Crippen LogP contribution in [0.25, 0.3) is 0 Å². The van der Waals surface area contributed by atoms with Crippen LogP contribution in [0.2, 0.25) is 0 Å². The molecule has 20 heavy (non-hydrogen) atoms. The molecule has 0 aromatic heterocycles. The van der Waals surface area contributed by atoms with E-state index < -0.39 is 10.0 Å². The van der Waals surface area contributed by atoms with E-state index in [1.807, 2.05) is 12.1 Å². The van der Waals surface area contributed by atoms with Gasteiger partial charge in [-0.2, -0.15) is 4.31 Å². The van der Waals surface area contributed by atoms with Crippen molar-refractivity contribution < 1.29 is 8.42 Å². The summed E-state index contributed by atoms with van der Waals surface area (Å²) in [5.74, 6) is 1.05. The molecule has 3 nitrogen and oxygen atoms in total. The Morgan fingerprint density at radius 3 is 2.60 bits per heavy atom. The van der Waals surface area contributed by atoms with Gasteiger partial charge in [0.05, 0.1) is 4.90 Å². The van der Waals surface area contributed by atoms with Crippen LogP contribution in [0.15, 0.2) is 29.2 Å². The molecule has 2 rings (SSSR count). The molecule has 1 aliphatic heterocycles. The van der Waals surface area contributed by atoms with Crippen LogP contribution in [0.5, 0.6) is 0 Å². The van der Waals surface area contributed by atoms with Crippen LogP contribution in [-0.2, 0) is 16.4 Å². The number of alkyl halides is 1. The number of nitrogens with zero attached hydrogens (tertiary/aromatic N) is 1. The first-order valence-corrected chi connectivity index (χ1v) is 9.20. The first kappa shape index (κ1) is 15.8. The van der Waals surface area contributed by atoms with Gasteiger partial charge in [-0.15, -0.1) is 11.6 Å². The predicted molar refractivity (Wildman–Crippen MR) is 82.6 cm³/mol. The fourth-order valence-electron chi connectivity index (χ4n) is 2.66. The van der Waals surface area contributed by atoms with E-state index in [1.54, 1.807) is 16.4 Å². The van der Waals surface area contributed by atoms with E-state index in [0.29, 0.717) is 29.8 Å². The second-order valence-electron chi connectivity index (χ2n) is 5.36. The Hall–Kier alpha value is -0.580. The fourth-order valence-corrected chi connectivity index (χ4v) is 4.44. The summed E-state index contributed by atoms with van der Waals surface area (Å²) in [7, 11) is -3.34. The van der Waals surface area contributed by atoms with Gasteiger partial charge in [0.2, 0.25) is 10.0 Å². The largest absolute Gasteiger partial charge is 0.243 e. The van der Waals surface area contributed by atoms with E-state index in [1.165, 1.54) is 0 Å². The summed E-state index contributed by atoms with van der Waals surface area (Å²) >= 11 is 5.69. The van der Waals surface area contributed by atoms with E-state index in [2.05, 4.69) is 6.92 Å². The summed E-state index contributed by atoms with van der Waals surface area (Å²) in [4.78, 5) is 0.396. The van der Waals surface area contributed by atoms with Gasteiger partial charge in [-0.05, 0) is 42.9 Å². The molecular weight excluding hydrogens is 294 g/mol. The fraction of sp³-hybridized carbons (Fsp3) is 0.600. The molecule has 0 saturated carbocycles. The standard InChI is InChI=1S/C15H22ClNO2S/c1-2-13-4-3-11-17(12-13)20(18,19)15-7-5-14(6-8-15)9-10-16/h5-8,13H,2-4,9-12H2,1H3. The van der Waals surface area contributed by atoms with Crippen molar-refractivity contribution in [3.63, 3.8) is 0 Å². The van der Waals surface area contributed by atoms with Crippen LogP contribution >= 0.6 is 11.6 Å². The molecule has 0 spiro atoms. The Balaban J connectivity index is 2.16. The summed E-state index contributed by atoms with van der Waals surface area (Å²) in [6.07, 6.45) is 3.91. The lowest BCUT2D eigenvalue weighted by atomic mass is 9.97. The summed E-state index contributed by atoms with van der Waals surface area (Å²) < 4.78 is 26.9. The van der Waals surface area contributed by atoms with Gasteiger partial charge in [-0.3, -0.25) is 0 Å². The molecule has 0 radical (unpaired) electrons. The highest BCUT2D eigenvalue weighted by Crippen LogP contribution is 2.25. The van der Waals surface area contributed by atoms with Crippen molar-refractivity contribution in [1.82, 2.24) is 4.31 Å². The number of rotatable bonds is 5. The van der Waals surface area contributed by atoms with Crippen molar-refractivity contribution >= 4 is 21.6 Å². The minimum Gasteiger partial charge on any atom is -0.207 e. The third kappa shape index (κ3) is 3.54. The van der Waals surface area contributed by atoms with Crippen LogP contribution in [0.3, 0.4) is 0 Å². The van der Waals surface area contributed by atoms with Gasteiger partial charge >= 0.3 is 0 Å². The summed E-state index contributed by atoms with van der Waals surface area (Å²) in [6.45, 7) is 3.42. The number of hydrogen-bond donors (Lipinski definition) is 0. The number of benzene rings is 1. The number of halogens is 1. The van der Waals surface area contributed by atoms with Crippen LogP contribution < -0.4 is 0 Å². The third-order valence-corrected chi connectivity index (χ3v) is 6.07. The molecule has 1 fully saturated rings. The van der Waals surface area contributed by atoms with Crippen LogP contribution in [0, 0.1) is 5.92 Å². The van der Waals surface area contributed by atoms with Crippen molar-refractivity contribution in [3.8, 4) is 0 Å². The smallest absolute Gasteiger partial charge is 0.207 e. The molecule has 1 aromatic carbocycles. The van der Waals surface area contributed by atoms with Gasteiger partial charge in [0.1, 0.15) is 0 Å². The molecule has 0 amide bonds. The number of hydrogen-bond acceptors (Lipinski definition) is 2. The maximum absolute atomic E-state index is 12.6. The summed E-state index contributed by atoms with van der Waals surface area (Å²) in [5.41, 5.74) is 1.07. The second kappa shape index (κ2) is 6.92. The molecule has 112 valence electrons. The van der Waals surface area contributed by atoms with E-state index in [9.17, 15) is 8.42 Å². The molecule has 0 aliphatic carbocycles. The van der Waals surface area contributed by atoms with Gasteiger partial charge in [-0.25, -0.2) is 8.42 Å². The molecule has 1 heterocycles. The Bertz CT molecular complexity index is 527. The zero-order valence-electron chi connectivity index (χ0n) is 11.9. The molecule has 1 saturated heterocycles. The Morgan fingerprint density at radius 2 is 2.00 bits per heavy atom. The maximum atomic E-state index is 12.6. The quantitative estimate of drug-likeness (QED) is 0.782. The van der Waals surface area contributed by atoms with Gasteiger partial charge in [0.25, 0.3) is 0 Å². The zero-order valence-corrected chi connectivity index (χ0v) is 13.5. The highest BCUT2D eigenvalue weighted by Gasteiger charge is 2.29.